The average molecular weight is 465 g/mol. The van der Waals surface area contributed by atoms with Crippen LogP contribution in [0.2, 0.25) is 0 Å². The van der Waals surface area contributed by atoms with Gasteiger partial charge in [-0.25, -0.2) is 0 Å². The summed E-state index contributed by atoms with van der Waals surface area (Å²) in [7, 11) is 0. The van der Waals surface area contributed by atoms with E-state index in [4.69, 9.17) is 4.74 Å². The van der Waals surface area contributed by atoms with Gasteiger partial charge in [0.05, 0.1) is 18.0 Å². The predicted molar refractivity (Wildman–Crippen MR) is 111 cm³/mol. The summed E-state index contributed by atoms with van der Waals surface area (Å²) >= 11 is 1.46. The van der Waals surface area contributed by atoms with E-state index in [1.54, 1.807) is 16.7 Å². The SMILES string of the molecule is CC1(COCc2ccc(-c3ccc(OC(F)(F)F)cc3)cc2)Cn2cc([N+](=O)[O-])nc2S1. The highest BCUT2D eigenvalue weighted by atomic mass is 32.2. The van der Waals surface area contributed by atoms with E-state index in [2.05, 4.69) is 9.72 Å². The second-order valence-corrected chi connectivity index (χ2v) is 9.14. The highest BCUT2D eigenvalue weighted by Gasteiger charge is 2.39. The number of nitro groups is 1. The number of fused-ring (bicyclic) bond motifs is 1. The molecule has 32 heavy (non-hydrogen) atoms. The molecule has 0 saturated heterocycles. The van der Waals surface area contributed by atoms with Crippen LogP contribution in [0.5, 0.6) is 5.75 Å². The largest absolute Gasteiger partial charge is 0.573 e. The summed E-state index contributed by atoms with van der Waals surface area (Å²) in [6, 6.07) is 13.2. The van der Waals surface area contributed by atoms with Gasteiger partial charge >= 0.3 is 12.2 Å². The van der Waals surface area contributed by atoms with Gasteiger partial charge in [0, 0.05) is 6.54 Å². The van der Waals surface area contributed by atoms with Crippen molar-refractivity contribution in [2.45, 2.75) is 36.3 Å². The zero-order valence-electron chi connectivity index (χ0n) is 16.8. The molecule has 2 aromatic carbocycles. The molecule has 4 rings (SSSR count). The van der Waals surface area contributed by atoms with Gasteiger partial charge in [-0.3, -0.25) is 4.57 Å². The van der Waals surface area contributed by atoms with E-state index in [1.165, 1.54) is 30.1 Å². The Bertz CT molecular complexity index is 1090. The monoisotopic (exact) mass is 465 g/mol. The lowest BCUT2D eigenvalue weighted by Crippen LogP contribution is -2.27. The third-order valence-corrected chi connectivity index (χ3v) is 6.06. The molecule has 0 N–H and O–H groups in total. The fourth-order valence-corrected chi connectivity index (χ4v) is 4.54. The van der Waals surface area contributed by atoms with Gasteiger partial charge < -0.3 is 19.6 Å². The molecule has 0 radical (unpaired) electrons. The Morgan fingerprint density at radius 1 is 1.16 bits per heavy atom. The Morgan fingerprint density at radius 2 is 1.78 bits per heavy atom. The number of imidazole rings is 1. The van der Waals surface area contributed by atoms with E-state index in [1.807, 2.05) is 31.2 Å². The molecule has 3 aromatic rings. The lowest BCUT2D eigenvalue weighted by molar-refractivity contribution is -0.389. The van der Waals surface area contributed by atoms with E-state index >= 15 is 0 Å². The van der Waals surface area contributed by atoms with Crippen LogP contribution in [0, 0.1) is 10.1 Å². The molecule has 0 saturated carbocycles. The molecule has 0 fully saturated rings. The molecule has 0 amide bonds. The molecule has 7 nitrogen and oxygen atoms in total. The van der Waals surface area contributed by atoms with Gasteiger partial charge in [-0.15, -0.1) is 13.2 Å². The topological polar surface area (TPSA) is 79.4 Å². The minimum atomic E-state index is -4.71. The summed E-state index contributed by atoms with van der Waals surface area (Å²) in [4.78, 5) is 14.3. The Balaban J connectivity index is 1.30. The van der Waals surface area contributed by atoms with Crippen molar-refractivity contribution in [3.8, 4) is 16.9 Å². The first-order chi connectivity index (χ1) is 15.1. The molecule has 0 bridgehead atoms. The van der Waals surface area contributed by atoms with Gasteiger partial charge in [0.2, 0.25) is 0 Å². The van der Waals surface area contributed by atoms with Gasteiger partial charge in [0.15, 0.2) is 0 Å². The lowest BCUT2D eigenvalue weighted by Gasteiger charge is -2.21. The van der Waals surface area contributed by atoms with Crippen LogP contribution in [0.4, 0.5) is 19.0 Å². The quantitative estimate of drug-likeness (QED) is 0.342. The van der Waals surface area contributed by atoms with Gasteiger partial charge in [0.1, 0.15) is 11.9 Å². The molecule has 168 valence electrons. The van der Waals surface area contributed by atoms with Gasteiger partial charge in [-0.1, -0.05) is 36.4 Å². The average Bonchev–Trinajstić information content (AvgIpc) is 3.23. The number of hydrogen-bond acceptors (Lipinski definition) is 6. The van der Waals surface area contributed by atoms with Gasteiger partial charge in [0.25, 0.3) is 5.16 Å². The number of aromatic nitrogens is 2. The summed E-state index contributed by atoms with van der Waals surface area (Å²) < 4.78 is 48.1. The van der Waals surface area contributed by atoms with Crippen LogP contribution >= 0.6 is 11.8 Å². The lowest BCUT2D eigenvalue weighted by atomic mass is 10.0. The first-order valence-corrected chi connectivity index (χ1v) is 10.4. The van der Waals surface area contributed by atoms with Crippen LogP contribution < -0.4 is 4.74 Å². The first-order valence-electron chi connectivity index (χ1n) is 9.54. The normalized spacial score (nSPS) is 17.9. The highest BCUT2D eigenvalue weighted by Crippen LogP contribution is 2.41. The Hall–Kier alpha value is -3.05. The molecular weight excluding hydrogens is 447 g/mol. The van der Waals surface area contributed by atoms with Crippen molar-refractivity contribution in [1.29, 1.82) is 0 Å². The van der Waals surface area contributed by atoms with Crippen molar-refractivity contribution in [3.63, 3.8) is 0 Å². The third kappa shape index (κ3) is 5.22. The van der Waals surface area contributed by atoms with Crippen LogP contribution in [0.1, 0.15) is 12.5 Å². The maximum Gasteiger partial charge on any atom is 0.573 e. The van der Waals surface area contributed by atoms with Crippen molar-refractivity contribution in [2.75, 3.05) is 6.61 Å². The number of hydrogen-bond donors (Lipinski definition) is 0. The van der Waals surface area contributed by atoms with Crippen molar-refractivity contribution < 1.29 is 27.6 Å². The first kappa shape index (κ1) is 22.2. The van der Waals surface area contributed by atoms with Gasteiger partial charge in [-0.2, -0.15) is 0 Å². The van der Waals surface area contributed by atoms with Crippen molar-refractivity contribution in [3.05, 3.63) is 70.4 Å². The highest BCUT2D eigenvalue weighted by molar-refractivity contribution is 8.00. The van der Waals surface area contributed by atoms with Crippen LogP contribution in [0.3, 0.4) is 0 Å². The maximum absolute atomic E-state index is 12.3. The zero-order valence-corrected chi connectivity index (χ0v) is 17.7. The molecule has 1 aliphatic heterocycles. The predicted octanol–water partition coefficient (Wildman–Crippen LogP) is 5.44. The minimum Gasteiger partial charge on any atom is -0.406 e. The fourth-order valence-electron chi connectivity index (χ4n) is 3.38. The molecule has 0 aliphatic carbocycles. The van der Waals surface area contributed by atoms with E-state index in [9.17, 15) is 23.3 Å². The summed E-state index contributed by atoms with van der Waals surface area (Å²) in [6.07, 6.45) is -3.27. The molecule has 0 spiro atoms. The second kappa shape index (κ2) is 8.47. The van der Waals surface area contributed by atoms with Crippen molar-refractivity contribution in [2.24, 2.45) is 0 Å². The Morgan fingerprint density at radius 3 is 2.34 bits per heavy atom. The van der Waals surface area contributed by atoms with E-state index in [-0.39, 0.29) is 16.3 Å². The minimum absolute atomic E-state index is 0.155. The van der Waals surface area contributed by atoms with Crippen molar-refractivity contribution in [1.82, 2.24) is 9.55 Å². The summed E-state index contributed by atoms with van der Waals surface area (Å²) in [6.45, 7) is 3.42. The smallest absolute Gasteiger partial charge is 0.406 e. The summed E-state index contributed by atoms with van der Waals surface area (Å²) in [5.41, 5.74) is 2.58. The van der Waals surface area contributed by atoms with E-state index in [0.717, 1.165) is 16.7 Å². The second-order valence-electron chi connectivity index (χ2n) is 7.58. The number of alkyl halides is 3. The van der Waals surface area contributed by atoms with Crippen LogP contribution in [0.15, 0.2) is 59.9 Å². The fraction of sp³-hybridized carbons (Fsp3) is 0.286. The molecule has 2 heterocycles. The molecule has 11 heteroatoms. The Labute approximate surface area is 185 Å². The van der Waals surface area contributed by atoms with Crippen LogP contribution in [-0.4, -0.2) is 32.2 Å². The number of nitrogens with zero attached hydrogens (tertiary/aromatic N) is 3. The number of benzene rings is 2. The van der Waals surface area contributed by atoms with E-state index < -0.39 is 11.3 Å². The molecule has 1 aromatic heterocycles. The third-order valence-electron chi connectivity index (χ3n) is 4.81. The molecule has 1 aliphatic rings. The van der Waals surface area contributed by atoms with Crippen LogP contribution in [0.25, 0.3) is 11.1 Å². The molecule has 1 unspecified atom stereocenters. The zero-order chi connectivity index (χ0) is 22.9. The Kier molecular flexibility index (Phi) is 5.87. The number of halogens is 3. The van der Waals surface area contributed by atoms with Gasteiger partial charge in [-0.05, 0) is 57.4 Å². The van der Waals surface area contributed by atoms with Crippen molar-refractivity contribution >= 4 is 17.6 Å². The maximum atomic E-state index is 12.3. The van der Waals surface area contributed by atoms with E-state index in [0.29, 0.717) is 24.9 Å². The summed E-state index contributed by atoms with van der Waals surface area (Å²) in [5, 5.41) is 11.4. The number of rotatable bonds is 7. The number of thioether (sulfide) groups is 1. The number of ether oxygens (including phenoxy) is 2. The molecular formula is C21H18F3N3O4S. The standard InChI is InChI=1S/C21H18F3N3O4S/c1-20(12-26-10-18(27(28)29)25-19(26)32-20)13-30-11-14-2-4-15(5-3-14)16-6-8-17(9-7-16)31-21(22,23)24/h2-10H,11-13H2,1H3. The summed E-state index contributed by atoms with van der Waals surface area (Å²) in [5.74, 6) is -0.417. The van der Waals surface area contributed by atoms with Crippen LogP contribution in [-0.2, 0) is 17.9 Å². The molecule has 1 atom stereocenters.